The number of allylic oxidation sites excluding steroid dienone is 4. The van der Waals surface area contributed by atoms with Gasteiger partial charge in [-0.3, -0.25) is 9.59 Å². The largest absolute Gasteiger partial charge is 0.299 e. The highest BCUT2D eigenvalue weighted by Crippen LogP contribution is 2.70. The zero-order chi connectivity index (χ0) is 19.9. The summed E-state index contributed by atoms with van der Waals surface area (Å²) < 4.78 is 0. The summed E-state index contributed by atoms with van der Waals surface area (Å²) >= 11 is 3.70. The van der Waals surface area contributed by atoms with Crippen LogP contribution in [-0.4, -0.2) is 16.4 Å². The van der Waals surface area contributed by atoms with Crippen molar-refractivity contribution in [1.29, 1.82) is 0 Å². The highest BCUT2D eigenvalue weighted by Gasteiger charge is 2.64. The lowest BCUT2D eigenvalue weighted by Crippen LogP contribution is -2.56. The minimum Gasteiger partial charge on any atom is -0.299 e. The first-order chi connectivity index (χ1) is 12.5. The van der Waals surface area contributed by atoms with Gasteiger partial charge in [0.25, 0.3) is 0 Å². The number of alkyl halides is 1. The molecular weight excluding hydrogens is 400 g/mol. The third-order valence-corrected chi connectivity index (χ3v) is 11.1. The van der Waals surface area contributed by atoms with E-state index in [0.29, 0.717) is 23.5 Å². The van der Waals surface area contributed by atoms with Crippen molar-refractivity contribution in [2.24, 2.45) is 39.9 Å². The maximum atomic E-state index is 12.6. The minimum atomic E-state index is -0.187. The molecule has 0 aromatic carbocycles. The molecule has 0 heterocycles. The quantitative estimate of drug-likeness (QED) is 0.483. The van der Waals surface area contributed by atoms with Crippen molar-refractivity contribution < 1.29 is 9.59 Å². The summed E-state index contributed by atoms with van der Waals surface area (Å²) in [5, 5.41) is 0. The van der Waals surface area contributed by atoms with Gasteiger partial charge in [0.1, 0.15) is 5.78 Å². The number of fused-ring (bicyclic) bond motifs is 5. The number of Topliss-reactive ketones (excluding diaryl/α,β-unsaturated/α-hetero) is 1. The van der Waals surface area contributed by atoms with E-state index in [9.17, 15) is 9.59 Å². The van der Waals surface area contributed by atoms with Crippen molar-refractivity contribution in [2.45, 2.75) is 72.1 Å². The molecule has 0 saturated heterocycles. The molecule has 4 aliphatic rings. The van der Waals surface area contributed by atoms with E-state index in [4.69, 9.17) is 0 Å². The van der Waals surface area contributed by atoms with Crippen LogP contribution in [0.1, 0.15) is 67.2 Å². The van der Waals surface area contributed by atoms with Gasteiger partial charge in [0.2, 0.25) is 0 Å². The molecule has 0 N–H and O–H groups in total. The van der Waals surface area contributed by atoms with E-state index < -0.39 is 0 Å². The standard InChI is InChI=1S/C24H33BrO2/c1-13-11-16-17-7-9-22(4,15(3)26)23(17,5)10-8-18(16)24(6)14(2)21(25)20(27)12-19(13)24/h11-12,14,16-18,21H,7-10H2,1-6H3/t14-,16?,17?,18?,21?,22+,23?,24?/m0/s1. The fourth-order valence-electron chi connectivity index (χ4n) is 7.60. The van der Waals surface area contributed by atoms with Gasteiger partial charge in [0, 0.05) is 10.8 Å². The molecule has 0 radical (unpaired) electrons. The van der Waals surface area contributed by atoms with Gasteiger partial charge < -0.3 is 0 Å². The number of carbonyl (C=O) groups is 2. The smallest absolute Gasteiger partial charge is 0.169 e. The SMILES string of the molecule is CC(=O)[C@@]1(C)CCC2C3C=C(C)C4=CC(=O)C(Br)[C@H](C)C4(C)C3CCC21C. The van der Waals surface area contributed by atoms with Crippen LogP contribution >= 0.6 is 15.9 Å². The molecular formula is C24H33BrO2. The predicted molar refractivity (Wildman–Crippen MR) is 113 cm³/mol. The van der Waals surface area contributed by atoms with Crippen molar-refractivity contribution in [3.8, 4) is 0 Å². The first kappa shape index (κ1) is 19.6. The van der Waals surface area contributed by atoms with Crippen LogP contribution in [0.25, 0.3) is 0 Å². The van der Waals surface area contributed by atoms with Gasteiger partial charge in [-0.1, -0.05) is 55.3 Å². The van der Waals surface area contributed by atoms with Gasteiger partial charge in [-0.25, -0.2) is 0 Å². The van der Waals surface area contributed by atoms with Gasteiger partial charge in [-0.15, -0.1) is 0 Å². The monoisotopic (exact) mass is 432 g/mol. The summed E-state index contributed by atoms with van der Waals surface area (Å²) in [7, 11) is 0. The fourth-order valence-corrected chi connectivity index (χ4v) is 8.28. The molecule has 0 aromatic rings. The molecule has 0 bridgehead atoms. The van der Waals surface area contributed by atoms with E-state index in [-0.39, 0.29) is 32.8 Å². The van der Waals surface area contributed by atoms with Crippen LogP contribution in [0.4, 0.5) is 0 Å². The number of rotatable bonds is 1. The molecule has 0 amide bonds. The Labute approximate surface area is 172 Å². The van der Waals surface area contributed by atoms with Crippen LogP contribution in [0, 0.1) is 39.9 Å². The topological polar surface area (TPSA) is 34.1 Å². The maximum Gasteiger partial charge on any atom is 0.169 e. The van der Waals surface area contributed by atoms with Crippen molar-refractivity contribution in [2.75, 3.05) is 0 Å². The summed E-state index contributed by atoms with van der Waals surface area (Å²) in [6, 6.07) is 0. The maximum absolute atomic E-state index is 12.6. The van der Waals surface area contributed by atoms with E-state index in [2.05, 4.69) is 56.6 Å². The predicted octanol–water partition coefficient (Wildman–Crippen LogP) is 5.90. The molecule has 4 aliphatic carbocycles. The molecule has 2 nitrogen and oxygen atoms in total. The van der Waals surface area contributed by atoms with Crippen LogP contribution in [-0.2, 0) is 9.59 Å². The molecule has 0 aliphatic heterocycles. The Kier molecular flexibility index (Phi) is 4.29. The average molecular weight is 433 g/mol. The van der Waals surface area contributed by atoms with Crippen molar-refractivity contribution >= 4 is 27.5 Å². The highest BCUT2D eigenvalue weighted by molar-refractivity contribution is 9.10. The molecule has 4 rings (SSSR count). The second kappa shape index (κ2) is 5.90. The Hall–Kier alpha value is -0.700. The summed E-state index contributed by atoms with van der Waals surface area (Å²) in [5.74, 6) is 2.51. The van der Waals surface area contributed by atoms with Gasteiger partial charge in [-0.2, -0.15) is 0 Å². The first-order valence-electron chi connectivity index (χ1n) is 10.6. The number of ketones is 2. The Morgan fingerprint density at radius 2 is 1.78 bits per heavy atom. The summed E-state index contributed by atoms with van der Waals surface area (Å²) in [6.07, 6.45) is 8.84. The highest BCUT2D eigenvalue weighted by atomic mass is 79.9. The lowest BCUT2D eigenvalue weighted by molar-refractivity contribution is -0.137. The first-order valence-corrected chi connectivity index (χ1v) is 11.5. The molecule has 8 atom stereocenters. The van der Waals surface area contributed by atoms with Gasteiger partial charge in [0.05, 0.1) is 4.83 Å². The molecule has 27 heavy (non-hydrogen) atoms. The number of hydrogen-bond donors (Lipinski definition) is 0. The van der Waals surface area contributed by atoms with Crippen LogP contribution in [0.15, 0.2) is 23.3 Å². The zero-order valence-electron chi connectivity index (χ0n) is 17.6. The third-order valence-electron chi connectivity index (χ3n) is 9.88. The van der Waals surface area contributed by atoms with Crippen LogP contribution in [0.3, 0.4) is 0 Å². The zero-order valence-corrected chi connectivity index (χ0v) is 19.2. The fraction of sp³-hybridized carbons (Fsp3) is 0.750. The van der Waals surface area contributed by atoms with Gasteiger partial charge in [-0.05, 0) is 80.3 Å². The van der Waals surface area contributed by atoms with Crippen LogP contribution in [0.2, 0.25) is 0 Å². The lowest BCUT2D eigenvalue weighted by Gasteiger charge is -2.60. The molecule has 0 spiro atoms. The number of hydrogen-bond acceptors (Lipinski definition) is 2. The Morgan fingerprint density at radius 3 is 2.41 bits per heavy atom. The molecule has 6 unspecified atom stereocenters. The average Bonchev–Trinajstić information content (AvgIpc) is 2.89. The van der Waals surface area contributed by atoms with E-state index in [1.807, 2.05) is 6.08 Å². The van der Waals surface area contributed by atoms with Crippen LogP contribution in [0.5, 0.6) is 0 Å². The van der Waals surface area contributed by atoms with Crippen LogP contribution < -0.4 is 0 Å². The molecule has 0 aromatic heterocycles. The second-order valence-corrected chi connectivity index (χ2v) is 11.4. The second-order valence-electron chi connectivity index (χ2n) is 10.5. The van der Waals surface area contributed by atoms with Gasteiger partial charge >= 0.3 is 0 Å². The van der Waals surface area contributed by atoms with E-state index in [1.54, 1.807) is 6.92 Å². The molecule has 2 fully saturated rings. The summed E-state index contributed by atoms with van der Waals surface area (Å²) in [6.45, 7) is 13.3. The summed E-state index contributed by atoms with van der Waals surface area (Å²) in [5.41, 5.74) is 2.50. The Morgan fingerprint density at radius 1 is 1.15 bits per heavy atom. The Balaban J connectivity index is 1.83. The normalized spacial score (nSPS) is 51.7. The van der Waals surface area contributed by atoms with E-state index >= 15 is 0 Å². The Bertz CT molecular complexity index is 779. The van der Waals surface area contributed by atoms with E-state index in [1.165, 1.54) is 11.1 Å². The third kappa shape index (κ3) is 2.24. The van der Waals surface area contributed by atoms with Gasteiger partial charge in [0.15, 0.2) is 5.78 Å². The minimum absolute atomic E-state index is 0.0299. The van der Waals surface area contributed by atoms with Crippen molar-refractivity contribution in [3.05, 3.63) is 23.3 Å². The molecule has 148 valence electrons. The lowest BCUT2D eigenvalue weighted by atomic mass is 9.44. The molecule has 3 heteroatoms. The number of carbonyl (C=O) groups excluding carboxylic acids is 2. The number of halogens is 1. The van der Waals surface area contributed by atoms with E-state index in [0.717, 1.165) is 25.7 Å². The van der Waals surface area contributed by atoms with Crippen molar-refractivity contribution in [3.63, 3.8) is 0 Å². The summed E-state index contributed by atoms with van der Waals surface area (Å²) in [4.78, 5) is 25.0. The van der Waals surface area contributed by atoms with Crippen molar-refractivity contribution in [1.82, 2.24) is 0 Å². The molecule has 2 saturated carbocycles.